The molecular formula is C12H6BrF2NO. The number of aromatic nitrogens is 1. The van der Waals surface area contributed by atoms with E-state index < -0.39 is 17.4 Å². The largest absolute Gasteiger partial charge is 0.287 e. The van der Waals surface area contributed by atoms with E-state index in [2.05, 4.69) is 20.9 Å². The lowest BCUT2D eigenvalue weighted by molar-refractivity contribution is 0.103. The van der Waals surface area contributed by atoms with Gasteiger partial charge in [0.2, 0.25) is 5.78 Å². The van der Waals surface area contributed by atoms with Crippen molar-refractivity contribution in [2.24, 2.45) is 0 Å². The summed E-state index contributed by atoms with van der Waals surface area (Å²) in [6, 6.07) is 6.31. The molecule has 1 heterocycles. The molecule has 0 bridgehead atoms. The summed E-state index contributed by atoms with van der Waals surface area (Å²) in [4.78, 5) is 15.8. The Hall–Kier alpha value is -1.62. The maximum absolute atomic E-state index is 13.0. The summed E-state index contributed by atoms with van der Waals surface area (Å²) in [6.45, 7) is 0. The van der Waals surface area contributed by atoms with Gasteiger partial charge < -0.3 is 0 Å². The van der Waals surface area contributed by atoms with E-state index in [0.717, 1.165) is 12.1 Å². The Morgan fingerprint density at radius 3 is 2.59 bits per heavy atom. The van der Waals surface area contributed by atoms with E-state index in [-0.39, 0.29) is 11.3 Å². The van der Waals surface area contributed by atoms with Crippen molar-refractivity contribution < 1.29 is 13.6 Å². The van der Waals surface area contributed by atoms with Gasteiger partial charge >= 0.3 is 0 Å². The van der Waals surface area contributed by atoms with Crippen LogP contribution in [-0.4, -0.2) is 10.8 Å². The Morgan fingerprint density at radius 2 is 1.94 bits per heavy atom. The standard InChI is InChI=1S/C12H6BrF2NO/c13-8-2-1-5-16-11(8)12(17)7-3-4-9(14)10(15)6-7/h1-6H. The number of benzene rings is 1. The number of hydrogen-bond acceptors (Lipinski definition) is 2. The zero-order valence-electron chi connectivity index (χ0n) is 8.45. The summed E-state index contributed by atoms with van der Waals surface area (Å²) in [5, 5.41) is 0. The molecule has 2 rings (SSSR count). The van der Waals surface area contributed by atoms with Crippen molar-refractivity contribution in [2.45, 2.75) is 0 Å². The fourth-order valence-electron chi connectivity index (χ4n) is 1.33. The van der Waals surface area contributed by atoms with Gasteiger partial charge in [-0.1, -0.05) is 0 Å². The average Bonchev–Trinajstić information content (AvgIpc) is 2.32. The van der Waals surface area contributed by atoms with Gasteiger partial charge in [0.15, 0.2) is 11.6 Å². The number of ketones is 1. The number of halogens is 3. The lowest BCUT2D eigenvalue weighted by Gasteiger charge is -2.02. The van der Waals surface area contributed by atoms with Gasteiger partial charge in [0.05, 0.1) is 0 Å². The van der Waals surface area contributed by atoms with Crippen molar-refractivity contribution >= 4 is 21.7 Å². The van der Waals surface area contributed by atoms with Gasteiger partial charge in [-0.3, -0.25) is 9.78 Å². The second-order valence-corrected chi connectivity index (χ2v) is 4.15. The Labute approximate surface area is 104 Å². The van der Waals surface area contributed by atoms with Gasteiger partial charge in [0.25, 0.3) is 0 Å². The zero-order chi connectivity index (χ0) is 12.4. The molecule has 0 saturated heterocycles. The molecule has 0 aliphatic heterocycles. The van der Waals surface area contributed by atoms with Crippen LogP contribution in [0.4, 0.5) is 8.78 Å². The van der Waals surface area contributed by atoms with Crippen LogP contribution in [-0.2, 0) is 0 Å². The van der Waals surface area contributed by atoms with Gasteiger partial charge in [-0.25, -0.2) is 8.78 Å². The van der Waals surface area contributed by atoms with Crippen LogP contribution in [0.25, 0.3) is 0 Å². The molecule has 0 amide bonds. The number of hydrogen-bond donors (Lipinski definition) is 0. The van der Waals surface area contributed by atoms with Crippen LogP contribution >= 0.6 is 15.9 Å². The number of pyridine rings is 1. The zero-order valence-corrected chi connectivity index (χ0v) is 10.0. The molecule has 17 heavy (non-hydrogen) atoms. The maximum Gasteiger partial charge on any atom is 0.212 e. The summed E-state index contributed by atoms with van der Waals surface area (Å²) in [5.41, 5.74) is 0.224. The molecular weight excluding hydrogens is 292 g/mol. The van der Waals surface area contributed by atoms with Gasteiger partial charge in [-0.15, -0.1) is 0 Å². The third-order valence-corrected chi connectivity index (χ3v) is 2.80. The van der Waals surface area contributed by atoms with Crippen LogP contribution in [0.2, 0.25) is 0 Å². The molecule has 1 aromatic carbocycles. The molecule has 0 spiro atoms. The van der Waals surface area contributed by atoms with Crippen molar-refractivity contribution in [3.05, 3.63) is 63.9 Å². The van der Waals surface area contributed by atoms with Gasteiger partial charge in [-0.2, -0.15) is 0 Å². The van der Waals surface area contributed by atoms with E-state index in [9.17, 15) is 13.6 Å². The first kappa shape index (κ1) is 11.9. The van der Waals surface area contributed by atoms with Crippen LogP contribution < -0.4 is 0 Å². The summed E-state index contributed by atoms with van der Waals surface area (Å²) in [7, 11) is 0. The molecule has 0 atom stereocenters. The number of rotatable bonds is 2. The van der Waals surface area contributed by atoms with Crippen molar-refractivity contribution in [2.75, 3.05) is 0 Å². The molecule has 2 nitrogen and oxygen atoms in total. The Kier molecular flexibility index (Phi) is 3.28. The Bertz CT molecular complexity index is 586. The van der Waals surface area contributed by atoms with Crippen molar-refractivity contribution in [1.82, 2.24) is 4.98 Å². The van der Waals surface area contributed by atoms with Crippen molar-refractivity contribution in [1.29, 1.82) is 0 Å². The van der Waals surface area contributed by atoms with Gasteiger partial charge in [-0.05, 0) is 46.3 Å². The molecule has 0 fully saturated rings. The first-order valence-electron chi connectivity index (χ1n) is 4.70. The molecule has 86 valence electrons. The Balaban J connectivity index is 2.44. The minimum absolute atomic E-state index is 0.0586. The summed E-state index contributed by atoms with van der Waals surface area (Å²) < 4.78 is 26.2. The van der Waals surface area contributed by atoms with E-state index in [1.807, 2.05) is 0 Å². The smallest absolute Gasteiger partial charge is 0.212 e. The van der Waals surface area contributed by atoms with Crippen LogP contribution in [0.3, 0.4) is 0 Å². The quantitative estimate of drug-likeness (QED) is 0.796. The summed E-state index contributed by atoms with van der Waals surface area (Å²) in [6.07, 6.45) is 1.46. The second kappa shape index (κ2) is 4.71. The van der Waals surface area contributed by atoms with E-state index in [1.165, 1.54) is 12.3 Å². The van der Waals surface area contributed by atoms with Gasteiger partial charge in [0.1, 0.15) is 5.69 Å². The number of carbonyl (C=O) groups is 1. The first-order valence-corrected chi connectivity index (χ1v) is 5.49. The SMILES string of the molecule is O=C(c1ccc(F)c(F)c1)c1ncccc1Br. The van der Waals surface area contributed by atoms with E-state index in [0.29, 0.717) is 4.47 Å². The summed E-state index contributed by atoms with van der Waals surface area (Å²) >= 11 is 3.18. The highest BCUT2D eigenvalue weighted by Crippen LogP contribution is 2.18. The average molecular weight is 298 g/mol. The fraction of sp³-hybridized carbons (Fsp3) is 0. The third kappa shape index (κ3) is 2.39. The highest BCUT2D eigenvalue weighted by Gasteiger charge is 2.15. The van der Waals surface area contributed by atoms with E-state index in [1.54, 1.807) is 12.1 Å². The maximum atomic E-state index is 13.0. The molecule has 1 aromatic heterocycles. The first-order chi connectivity index (χ1) is 8.09. The molecule has 0 radical (unpaired) electrons. The number of nitrogens with zero attached hydrogens (tertiary/aromatic N) is 1. The van der Waals surface area contributed by atoms with Crippen molar-refractivity contribution in [3.63, 3.8) is 0 Å². The fourth-order valence-corrected chi connectivity index (χ4v) is 1.76. The van der Waals surface area contributed by atoms with Crippen LogP contribution in [0.5, 0.6) is 0 Å². The molecule has 0 N–H and O–H groups in total. The molecule has 0 saturated carbocycles. The predicted molar refractivity (Wildman–Crippen MR) is 61.7 cm³/mol. The molecule has 5 heteroatoms. The van der Waals surface area contributed by atoms with Gasteiger partial charge in [0, 0.05) is 16.2 Å². The molecule has 0 unspecified atom stereocenters. The summed E-state index contributed by atoms with van der Waals surface area (Å²) in [5.74, 6) is -2.50. The third-order valence-electron chi connectivity index (χ3n) is 2.16. The normalized spacial score (nSPS) is 10.3. The van der Waals surface area contributed by atoms with Crippen LogP contribution in [0, 0.1) is 11.6 Å². The second-order valence-electron chi connectivity index (χ2n) is 3.29. The van der Waals surface area contributed by atoms with Crippen LogP contribution in [0.1, 0.15) is 16.1 Å². The predicted octanol–water partition coefficient (Wildman–Crippen LogP) is 3.35. The lowest BCUT2D eigenvalue weighted by atomic mass is 10.1. The van der Waals surface area contributed by atoms with Crippen LogP contribution in [0.15, 0.2) is 41.0 Å². The molecule has 0 aliphatic carbocycles. The number of carbonyl (C=O) groups excluding carboxylic acids is 1. The minimum Gasteiger partial charge on any atom is -0.287 e. The topological polar surface area (TPSA) is 30.0 Å². The van der Waals surface area contributed by atoms with E-state index in [4.69, 9.17) is 0 Å². The highest BCUT2D eigenvalue weighted by atomic mass is 79.9. The highest BCUT2D eigenvalue weighted by molar-refractivity contribution is 9.10. The lowest BCUT2D eigenvalue weighted by Crippen LogP contribution is -2.05. The monoisotopic (exact) mass is 297 g/mol. The minimum atomic E-state index is -1.05. The molecule has 2 aromatic rings. The van der Waals surface area contributed by atoms with E-state index >= 15 is 0 Å². The molecule has 0 aliphatic rings. The Morgan fingerprint density at radius 1 is 1.18 bits per heavy atom. The van der Waals surface area contributed by atoms with Crippen molar-refractivity contribution in [3.8, 4) is 0 Å².